The summed E-state index contributed by atoms with van der Waals surface area (Å²) in [5.74, 6) is -1.61. The Bertz CT molecular complexity index is 310. The topological polar surface area (TPSA) is 73.9 Å². The first-order valence-electron chi connectivity index (χ1n) is 5.19. The average molecular weight is 265 g/mol. The first kappa shape index (κ1) is 16.3. The number of nitrogens with one attached hydrogen (secondary N) is 1. The zero-order chi connectivity index (χ0) is 13.5. The molecule has 1 atom stereocenters. The van der Waals surface area contributed by atoms with Gasteiger partial charge < -0.3 is 19.1 Å². The van der Waals surface area contributed by atoms with Gasteiger partial charge in [-0.25, -0.2) is 4.79 Å². The lowest BCUT2D eigenvalue weighted by atomic mass is 10.4. The van der Waals surface area contributed by atoms with Gasteiger partial charge in [-0.3, -0.25) is 4.57 Å². The summed E-state index contributed by atoms with van der Waals surface area (Å²) >= 11 is 0. The summed E-state index contributed by atoms with van der Waals surface area (Å²) in [4.78, 5) is 11.4. The Morgan fingerprint density at radius 2 is 1.94 bits per heavy atom. The molecule has 1 N–H and O–H groups in total. The monoisotopic (exact) mass is 265 g/mol. The summed E-state index contributed by atoms with van der Waals surface area (Å²) < 4.78 is 26.8. The molecule has 0 rings (SSSR count). The number of likely N-dealkylation sites (N-methyl/N-ethyl adjacent to an activating group) is 1. The Morgan fingerprint density at radius 3 is 2.29 bits per heavy atom. The van der Waals surface area contributed by atoms with E-state index in [0.29, 0.717) is 6.54 Å². The van der Waals surface area contributed by atoms with Crippen LogP contribution in [-0.2, 0) is 23.1 Å². The number of rotatable bonds is 8. The number of carbonyl (C=O) groups is 1. The molecule has 7 heteroatoms. The highest BCUT2D eigenvalue weighted by Gasteiger charge is 2.37. The van der Waals surface area contributed by atoms with Crippen LogP contribution >= 0.6 is 7.60 Å². The van der Waals surface area contributed by atoms with Crippen molar-refractivity contribution in [1.29, 1.82) is 0 Å². The minimum absolute atomic E-state index is 0.189. The Balaban J connectivity index is 4.80. The van der Waals surface area contributed by atoms with Crippen LogP contribution in [0.5, 0.6) is 0 Å². The quantitative estimate of drug-likeness (QED) is 0.407. The predicted molar refractivity (Wildman–Crippen MR) is 64.9 cm³/mol. The van der Waals surface area contributed by atoms with Crippen LogP contribution in [0.4, 0.5) is 0 Å². The van der Waals surface area contributed by atoms with Gasteiger partial charge >= 0.3 is 13.6 Å². The van der Waals surface area contributed by atoms with Gasteiger partial charge in [0, 0.05) is 26.3 Å². The molecule has 0 bridgehead atoms. The highest BCUT2D eigenvalue weighted by atomic mass is 31.2. The second-order valence-electron chi connectivity index (χ2n) is 3.35. The molecule has 0 saturated carbocycles. The highest BCUT2D eigenvalue weighted by molar-refractivity contribution is 7.54. The fourth-order valence-corrected chi connectivity index (χ4v) is 2.22. The fourth-order valence-electron chi connectivity index (χ4n) is 1.02. The summed E-state index contributed by atoms with van der Waals surface area (Å²) in [5, 5.41) is 2.93. The van der Waals surface area contributed by atoms with Gasteiger partial charge in [-0.2, -0.15) is 0 Å². The van der Waals surface area contributed by atoms with Gasteiger partial charge in [-0.05, 0) is 13.5 Å². The van der Waals surface area contributed by atoms with Crippen LogP contribution in [-0.4, -0.2) is 39.1 Å². The van der Waals surface area contributed by atoms with Crippen LogP contribution in [0.1, 0.15) is 13.8 Å². The molecule has 1 unspecified atom stereocenters. The van der Waals surface area contributed by atoms with Crippen molar-refractivity contribution in [2.24, 2.45) is 0 Å². The van der Waals surface area contributed by atoms with E-state index in [-0.39, 0.29) is 12.1 Å². The van der Waals surface area contributed by atoms with Crippen molar-refractivity contribution in [1.82, 2.24) is 5.32 Å². The summed E-state index contributed by atoms with van der Waals surface area (Å²) in [6.45, 7) is 7.68. The van der Waals surface area contributed by atoms with E-state index in [9.17, 15) is 9.36 Å². The molecule has 0 fully saturated rings. The van der Waals surface area contributed by atoms with E-state index >= 15 is 0 Å². The molecule has 0 saturated heterocycles. The van der Waals surface area contributed by atoms with Crippen molar-refractivity contribution in [2.75, 3.05) is 27.3 Å². The molecule has 0 aliphatic carbocycles. The summed E-state index contributed by atoms with van der Waals surface area (Å²) in [6.07, 6.45) is 0. The number of carbonyl (C=O) groups excluding carboxylic acids is 1. The Hall–Kier alpha value is -0.680. The van der Waals surface area contributed by atoms with Gasteiger partial charge in [-0.15, -0.1) is 0 Å². The maximum Gasteiger partial charge on any atom is 0.371 e. The molecule has 6 nitrogen and oxygen atoms in total. The zero-order valence-corrected chi connectivity index (χ0v) is 11.6. The maximum atomic E-state index is 12.1. The highest BCUT2D eigenvalue weighted by Crippen LogP contribution is 2.51. The smallest absolute Gasteiger partial charge is 0.371 e. The Kier molecular flexibility index (Phi) is 7.30. The summed E-state index contributed by atoms with van der Waals surface area (Å²) in [7, 11) is -0.966. The molecular weight excluding hydrogens is 245 g/mol. The van der Waals surface area contributed by atoms with E-state index in [1.807, 2.05) is 6.92 Å². The van der Waals surface area contributed by atoms with Crippen LogP contribution in [0.15, 0.2) is 12.2 Å². The molecule has 100 valence electrons. The lowest BCUT2D eigenvalue weighted by Gasteiger charge is -2.24. The largest absolute Gasteiger partial charge is 0.445 e. The van der Waals surface area contributed by atoms with Crippen LogP contribution in [0.2, 0.25) is 0 Å². The number of esters is 1. The minimum Gasteiger partial charge on any atom is -0.445 e. The Labute approximate surface area is 102 Å². The lowest BCUT2D eigenvalue weighted by Crippen LogP contribution is -2.32. The van der Waals surface area contributed by atoms with Crippen molar-refractivity contribution in [2.45, 2.75) is 19.7 Å². The van der Waals surface area contributed by atoms with Crippen LogP contribution < -0.4 is 5.32 Å². The van der Waals surface area contributed by atoms with Gasteiger partial charge in [0.15, 0.2) is 0 Å². The normalized spacial score (nSPS) is 13.2. The third-order valence-corrected chi connectivity index (χ3v) is 4.03. The molecule has 0 spiro atoms. The van der Waals surface area contributed by atoms with E-state index in [0.717, 1.165) is 0 Å². The summed E-state index contributed by atoms with van der Waals surface area (Å²) in [5.41, 5.74) is 0.227. The maximum absolute atomic E-state index is 12.1. The zero-order valence-electron chi connectivity index (χ0n) is 10.7. The lowest BCUT2D eigenvalue weighted by molar-refractivity contribution is -0.141. The number of hydrogen-bond donors (Lipinski definition) is 1. The van der Waals surface area contributed by atoms with Crippen LogP contribution in [0.25, 0.3) is 0 Å². The minimum atomic E-state index is -3.46. The van der Waals surface area contributed by atoms with Gasteiger partial charge in [0.1, 0.15) is 0 Å². The molecule has 0 aliphatic heterocycles. The van der Waals surface area contributed by atoms with Crippen molar-refractivity contribution in [3.8, 4) is 0 Å². The van der Waals surface area contributed by atoms with Crippen molar-refractivity contribution in [3.05, 3.63) is 12.2 Å². The molecule has 17 heavy (non-hydrogen) atoms. The molecule has 0 aromatic rings. The summed E-state index contributed by atoms with van der Waals surface area (Å²) in [6, 6.07) is 0. The fraction of sp³-hybridized carbons (Fsp3) is 0.700. The molecule has 0 radical (unpaired) electrons. The molecule has 0 heterocycles. The van der Waals surface area contributed by atoms with E-state index in [1.54, 1.807) is 0 Å². The van der Waals surface area contributed by atoms with E-state index in [2.05, 4.69) is 11.9 Å². The number of hydrogen-bond acceptors (Lipinski definition) is 6. The van der Waals surface area contributed by atoms with E-state index in [4.69, 9.17) is 13.8 Å². The molecule has 0 aromatic carbocycles. The van der Waals surface area contributed by atoms with Gasteiger partial charge in [-0.1, -0.05) is 13.5 Å². The average Bonchev–Trinajstić information content (AvgIpc) is 2.32. The molecule has 0 amide bonds. The third kappa shape index (κ3) is 5.00. The second kappa shape index (κ2) is 7.61. The standard InChI is InChI=1S/C10H20NO5P/c1-6-11-7-9(16-10(12)8(2)3)17(13,14-4)15-5/h9,11H,2,6-7H2,1,3-5H3. The van der Waals surface area contributed by atoms with Crippen molar-refractivity contribution in [3.63, 3.8) is 0 Å². The van der Waals surface area contributed by atoms with Crippen molar-refractivity contribution < 1.29 is 23.1 Å². The van der Waals surface area contributed by atoms with Gasteiger partial charge in [0.2, 0.25) is 5.85 Å². The number of ether oxygens (including phenoxy) is 1. The van der Waals surface area contributed by atoms with Gasteiger partial charge in [0.05, 0.1) is 0 Å². The van der Waals surface area contributed by atoms with Crippen molar-refractivity contribution >= 4 is 13.6 Å². The molecule has 0 aliphatic rings. The third-order valence-electron chi connectivity index (χ3n) is 2.02. The van der Waals surface area contributed by atoms with Gasteiger partial charge in [0.25, 0.3) is 0 Å². The Morgan fingerprint density at radius 1 is 1.41 bits per heavy atom. The second-order valence-corrected chi connectivity index (χ2v) is 5.74. The van der Waals surface area contributed by atoms with E-state index in [1.165, 1.54) is 21.1 Å². The van der Waals surface area contributed by atoms with Crippen LogP contribution in [0, 0.1) is 0 Å². The molecule has 0 aromatic heterocycles. The SMILES string of the molecule is C=C(C)C(=O)OC(CNCC)P(=O)(OC)OC. The van der Waals surface area contributed by atoms with E-state index < -0.39 is 19.4 Å². The first-order chi connectivity index (χ1) is 7.91. The first-order valence-corrected chi connectivity index (χ1v) is 6.80. The molecular formula is C10H20NO5P. The van der Waals surface area contributed by atoms with Crippen LogP contribution in [0.3, 0.4) is 0 Å². The predicted octanol–water partition coefficient (Wildman–Crippen LogP) is 1.53.